The van der Waals surface area contributed by atoms with Crippen LogP contribution in [0.5, 0.6) is 0 Å². The van der Waals surface area contributed by atoms with Crippen LogP contribution in [0.1, 0.15) is 52.9 Å². The van der Waals surface area contributed by atoms with E-state index in [1.54, 1.807) is 0 Å². The number of nitrogens with one attached hydrogen (secondary N) is 1. The first-order valence-corrected chi connectivity index (χ1v) is 8.25. The first-order chi connectivity index (χ1) is 9.76. The highest BCUT2D eigenvalue weighted by Crippen LogP contribution is 2.28. The van der Waals surface area contributed by atoms with E-state index in [9.17, 15) is 9.59 Å². The second kappa shape index (κ2) is 6.46. The summed E-state index contributed by atoms with van der Waals surface area (Å²) >= 11 is 4.41. The fourth-order valence-corrected chi connectivity index (χ4v) is 3.48. The van der Waals surface area contributed by atoms with Crippen LogP contribution in [-0.4, -0.2) is 46.4 Å². The molecule has 2 aliphatic rings. The molecule has 5 nitrogen and oxygen atoms in total. The number of hydrogen-bond donors (Lipinski definition) is 2. The number of hydrogen-bond acceptors (Lipinski definition) is 4. The maximum Gasteiger partial charge on any atom is 0.407 e. The van der Waals surface area contributed by atoms with Gasteiger partial charge in [0, 0.05) is 18.2 Å². The third-order valence-electron chi connectivity index (χ3n) is 3.97. The first kappa shape index (κ1) is 16.5. The minimum atomic E-state index is -0.506. The monoisotopic (exact) mass is 314 g/mol. The summed E-state index contributed by atoms with van der Waals surface area (Å²) in [5.41, 5.74) is -0.506. The lowest BCUT2D eigenvalue weighted by atomic mass is 9.89. The summed E-state index contributed by atoms with van der Waals surface area (Å²) < 4.78 is 5.33. The molecule has 2 rings (SSSR count). The average molecular weight is 314 g/mol. The third-order valence-corrected chi connectivity index (χ3v) is 4.32. The number of carbonyl (C=O) groups excluding carboxylic acids is 2. The molecule has 3 unspecified atom stereocenters. The number of rotatable bonds is 2. The van der Waals surface area contributed by atoms with Crippen LogP contribution in [0.4, 0.5) is 4.79 Å². The highest BCUT2D eigenvalue weighted by Gasteiger charge is 2.38. The van der Waals surface area contributed by atoms with Gasteiger partial charge in [-0.15, -0.1) is 0 Å². The zero-order chi connectivity index (χ0) is 15.6. The molecule has 0 aromatic rings. The van der Waals surface area contributed by atoms with Crippen LogP contribution in [0.25, 0.3) is 0 Å². The Kier molecular flexibility index (Phi) is 5.07. The van der Waals surface area contributed by atoms with Crippen molar-refractivity contribution in [1.82, 2.24) is 10.2 Å². The van der Waals surface area contributed by atoms with Gasteiger partial charge in [0.25, 0.3) is 0 Å². The smallest absolute Gasteiger partial charge is 0.407 e. The van der Waals surface area contributed by atoms with Gasteiger partial charge < -0.3 is 15.0 Å². The molecule has 0 aromatic carbocycles. The number of alkyl carbamates (subject to hydrolysis) is 1. The molecule has 1 saturated heterocycles. The molecule has 1 aliphatic carbocycles. The fraction of sp³-hybridized carbons (Fsp3) is 0.867. The van der Waals surface area contributed by atoms with Crippen LogP contribution >= 0.6 is 12.6 Å². The summed E-state index contributed by atoms with van der Waals surface area (Å²) in [6, 6.07) is 0.0621. The first-order valence-electron chi connectivity index (χ1n) is 7.73. The lowest BCUT2D eigenvalue weighted by Gasteiger charge is -2.38. The maximum atomic E-state index is 12.1. The van der Waals surface area contributed by atoms with Gasteiger partial charge in [0.15, 0.2) is 0 Å². The van der Waals surface area contributed by atoms with Crippen LogP contribution < -0.4 is 5.32 Å². The lowest BCUT2D eigenvalue weighted by Crippen LogP contribution is -2.54. The van der Waals surface area contributed by atoms with Crippen LogP contribution in [0, 0.1) is 0 Å². The summed E-state index contributed by atoms with van der Waals surface area (Å²) in [6.07, 6.45) is 4.10. The van der Waals surface area contributed by atoms with Gasteiger partial charge >= 0.3 is 6.09 Å². The molecule has 2 fully saturated rings. The highest BCUT2D eigenvalue weighted by molar-refractivity contribution is 7.81. The second-order valence-electron chi connectivity index (χ2n) is 7.01. The summed E-state index contributed by atoms with van der Waals surface area (Å²) in [7, 11) is 0. The van der Waals surface area contributed by atoms with E-state index in [1.807, 2.05) is 25.7 Å². The van der Waals surface area contributed by atoms with Gasteiger partial charge in [0.1, 0.15) is 5.60 Å². The number of amides is 2. The summed E-state index contributed by atoms with van der Waals surface area (Å²) in [6.45, 7) is 6.22. The van der Waals surface area contributed by atoms with Crippen LogP contribution in [-0.2, 0) is 9.53 Å². The van der Waals surface area contributed by atoms with Gasteiger partial charge in [0.05, 0.1) is 12.1 Å². The summed E-state index contributed by atoms with van der Waals surface area (Å²) in [4.78, 5) is 26.0. The van der Waals surface area contributed by atoms with Gasteiger partial charge in [-0.25, -0.2) is 4.79 Å². The normalized spacial score (nSPS) is 30.4. The molecule has 6 heteroatoms. The minimum Gasteiger partial charge on any atom is -0.444 e. The van der Waals surface area contributed by atoms with Crippen molar-refractivity contribution < 1.29 is 14.3 Å². The van der Waals surface area contributed by atoms with Crippen molar-refractivity contribution in [1.29, 1.82) is 0 Å². The van der Waals surface area contributed by atoms with E-state index in [-0.39, 0.29) is 23.2 Å². The molecule has 0 radical (unpaired) electrons. The van der Waals surface area contributed by atoms with Crippen molar-refractivity contribution in [3.63, 3.8) is 0 Å². The number of nitrogens with zero attached hydrogens (tertiary/aromatic N) is 1. The van der Waals surface area contributed by atoms with Crippen molar-refractivity contribution in [2.45, 2.75) is 75.8 Å². The SMILES string of the molecule is CC(C)(C)OC(=O)NC1CCCCC1N1CC(S)CC1=O. The molecule has 3 atom stereocenters. The largest absolute Gasteiger partial charge is 0.444 e. The van der Waals surface area contributed by atoms with Gasteiger partial charge in [-0.05, 0) is 33.6 Å². The van der Waals surface area contributed by atoms with Gasteiger partial charge in [0.2, 0.25) is 5.91 Å². The Bertz CT molecular complexity index is 408. The third kappa shape index (κ3) is 4.53. The summed E-state index contributed by atoms with van der Waals surface area (Å²) in [5, 5.41) is 3.07. The zero-order valence-electron chi connectivity index (χ0n) is 13.1. The van der Waals surface area contributed by atoms with Gasteiger partial charge in [-0.2, -0.15) is 12.6 Å². The standard InChI is InChI=1S/C15H26N2O3S/c1-15(2,3)20-14(19)16-11-6-4-5-7-12(11)17-9-10(21)8-13(17)18/h10-12,21H,4-9H2,1-3H3,(H,16,19). The molecular weight excluding hydrogens is 288 g/mol. The second-order valence-corrected chi connectivity index (χ2v) is 7.74. The van der Waals surface area contributed by atoms with Crippen LogP contribution in [0.15, 0.2) is 0 Å². The molecule has 1 saturated carbocycles. The molecule has 1 aliphatic heterocycles. The number of carbonyl (C=O) groups is 2. The number of ether oxygens (including phenoxy) is 1. The van der Waals surface area contributed by atoms with E-state index in [4.69, 9.17) is 4.74 Å². The zero-order valence-corrected chi connectivity index (χ0v) is 14.0. The van der Waals surface area contributed by atoms with Crippen molar-refractivity contribution in [3.05, 3.63) is 0 Å². The minimum absolute atomic E-state index is 0.0174. The Labute approximate surface area is 132 Å². The molecule has 1 heterocycles. The van der Waals surface area contributed by atoms with Crippen molar-refractivity contribution in [2.75, 3.05) is 6.54 Å². The molecule has 0 bridgehead atoms. The highest BCUT2D eigenvalue weighted by atomic mass is 32.1. The lowest BCUT2D eigenvalue weighted by molar-refractivity contribution is -0.130. The van der Waals surface area contributed by atoms with E-state index in [2.05, 4.69) is 17.9 Å². The quantitative estimate of drug-likeness (QED) is 0.769. The molecule has 0 spiro atoms. The van der Waals surface area contributed by atoms with Crippen molar-refractivity contribution >= 4 is 24.6 Å². The number of thiol groups is 1. The Balaban J connectivity index is 1.99. The van der Waals surface area contributed by atoms with E-state index in [0.717, 1.165) is 25.7 Å². The van der Waals surface area contributed by atoms with Crippen molar-refractivity contribution in [2.24, 2.45) is 0 Å². The molecule has 1 N–H and O–H groups in total. The Morgan fingerprint density at radius 2 is 2.00 bits per heavy atom. The molecular formula is C15H26N2O3S. The number of likely N-dealkylation sites (tertiary alicyclic amines) is 1. The Morgan fingerprint density at radius 1 is 1.33 bits per heavy atom. The Morgan fingerprint density at radius 3 is 2.57 bits per heavy atom. The van der Waals surface area contributed by atoms with Crippen LogP contribution in [0.3, 0.4) is 0 Å². The molecule has 21 heavy (non-hydrogen) atoms. The Hall–Kier alpha value is -0.910. The average Bonchev–Trinajstić information content (AvgIpc) is 2.66. The molecule has 2 amide bonds. The summed E-state index contributed by atoms with van der Waals surface area (Å²) in [5.74, 6) is 0.151. The van der Waals surface area contributed by atoms with Gasteiger partial charge in [-0.3, -0.25) is 4.79 Å². The van der Waals surface area contributed by atoms with Gasteiger partial charge in [-0.1, -0.05) is 12.8 Å². The fourth-order valence-electron chi connectivity index (χ4n) is 3.14. The maximum absolute atomic E-state index is 12.1. The van der Waals surface area contributed by atoms with Crippen molar-refractivity contribution in [3.8, 4) is 0 Å². The molecule has 0 aromatic heterocycles. The van der Waals surface area contributed by atoms with E-state index in [1.165, 1.54) is 0 Å². The predicted octanol–water partition coefficient (Wildman–Crippen LogP) is 2.35. The van der Waals surface area contributed by atoms with E-state index < -0.39 is 11.7 Å². The molecule has 120 valence electrons. The van der Waals surface area contributed by atoms with E-state index in [0.29, 0.717) is 13.0 Å². The topological polar surface area (TPSA) is 58.6 Å². The van der Waals surface area contributed by atoms with E-state index >= 15 is 0 Å². The predicted molar refractivity (Wildman–Crippen MR) is 84.5 cm³/mol. The van der Waals surface area contributed by atoms with Crippen LogP contribution in [0.2, 0.25) is 0 Å².